The molecular weight excluding hydrogens is 658 g/mol. The molecule has 0 aliphatic carbocycles. The van der Waals surface area contributed by atoms with E-state index in [0.717, 1.165) is 27.6 Å². The zero-order valence-electron chi connectivity index (χ0n) is 29.4. The van der Waals surface area contributed by atoms with Crippen LogP contribution in [0.15, 0.2) is 85.1 Å². The number of hydrogen-bond acceptors (Lipinski definition) is 6. The van der Waals surface area contributed by atoms with Crippen LogP contribution in [0, 0.1) is 5.92 Å². The van der Waals surface area contributed by atoms with Gasteiger partial charge in [-0.2, -0.15) is 0 Å². The van der Waals surface area contributed by atoms with Crippen molar-refractivity contribution in [2.24, 2.45) is 11.7 Å². The van der Waals surface area contributed by atoms with Crippen molar-refractivity contribution in [3.8, 4) is 0 Å². The molecule has 3 aromatic carbocycles. The number of piperidine rings is 1. The molecule has 2 fully saturated rings. The summed E-state index contributed by atoms with van der Waals surface area (Å²) >= 11 is 0. The maximum Gasteiger partial charge on any atom is 0.252 e. The molecule has 1 aromatic heterocycles. The first-order chi connectivity index (χ1) is 25.0. The lowest BCUT2D eigenvalue weighted by atomic mass is 9.78. The van der Waals surface area contributed by atoms with E-state index < -0.39 is 59.6 Å². The first-order valence-electron chi connectivity index (χ1n) is 18.0. The fourth-order valence-electron chi connectivity index (χ4n) is 8.86. The Hall–Kier alpha value is -5.49. The van der Waals surface area contributed by atoms with E-state index in [0.29, 0.717) is 18.5 Å². The van der Waals surface area contributed by atoms with Gasteiger partial charge in [0, 0.05) is 35.5 Å². The summed E-state index contributed by atoms with van der Waals surface area (Å²) in [5.74, 6) is -2.07. The van der Waals surface area contributed by atoms with E-state index >= 15 is 0 Å². The van der Waals surface area contributed by atoms with Crippen LogP contribution in [0.3, 0.4) is 0 Å². The van der Waals surface area contributed by atoms with Gasteiger partial charge in [-0.15, -0.1) is 0 Å². The van der Waals surface area contributed by atoms with Crippen molar-refractivity contribution in [3.05, 3.63) is 102 Å². The number of para-hydroxylation sites is 2. The van der Waals surface area contributed by atoms with Crippen LogP contribution in [-0.2, 0) is 42.4 Å². The monoisotopic (exact) mass is 701 g/mol. The van der Waals surface area contributed by atoms with Gasteiger partial charge in [0.05, 0.1) is 11.7 Å². The third kappa shape index (κ3) is 5.18. The Labute approximate surface area is 301 Å². The topological polar surface area (TPSA) is 159 Å². The van der Waals surface area contributed by atoms with Crippen molar-refractivity contribution in [2.45, 2.75) is 88.4 Å². The number of nitrogens with one attached hydrogen (secondary N) is 3. The van der Waals surface area contributed by atoms with Crippen molar-refractivity contribution in [2.75, 3.05) is 4.90 Å². The van der Waals surface area contributed by atoms with Crippen molar-refractivity contribution < 1.29 is 24.0 Å². The molecule has 7 unspecified atom stereocenters. The van der Waals surface area contributed by atoms with E-state index in [1.165, 1.54) is 0 Å². The Kier molecular flexibility index (Phi) is 8.17. The molecule has 52 heavy (non-hydrogen) atoms. The summed E-state index contributed by atoms with van der Waals surface area (Å²) in [6.07, 6.45) is 2.16. The van der Waals surface area contributed by atoms with Gasteiger partial charge in [0.15, 0.2) is 0 Å². The Bertz CT molecular complexity index is 2110. The summed E-state index contributed by atoms with van der Waals surface area (Å²) in [6.45, 7) is 5.43. The Morgan fingerprint density at radius 2 is 1.54 bits per heavy atom. The van der Waals surface area contributed by atoms with E-state index in [2.05, 4.69) is 20.5 Å². The average Bonchev–Trinajstić information content (AvgIpc) is 3.74. The Morgan fingerprint density at radius 1 is 0.827 bits per heavy atom. The maximum absolute atomic E-state index is 14.9. The highest BCUT2D eigenvalue weighted by Gasteiger charge is 2.68. The molecule has 7 atom stereocenters. The molecule has 4 bridgehead atoms. The molecule has 12 nitrogen and oxygen atoms in total. The van der Waals surface area contributed by atoms with Crippen LogP contribution < -0.4 is 26.6 Å². The molecule has 1 spiro atoms. The van der Waals surface area contributed by atoms with Gasteiger partial charge in [-0.25, -0.2) is 0 Å². The van der Waals surface area contributed by atoms with E-state index in [1.807, 2.05) is 98.9 Å². The minimum atomic E-state index is -1.05. The number of amides is 5. The van der Waals surface area contributed by atoms with Crippen LogP contribution >= 0.6 is 0 Å². The molecule has 8 rings (SSSR count). The fourth-order valence-corrected chi connectivity index (χ4v) is 8.86. The van der Waals surface area contributed by atoms with Gasteiger partial charge in [-0.05, 0) is 48.9 Å². The number of benzene rings is 3. The second-order valence-corrected chi connectivity index (χ2v) is 15.0. The molecular formula is C40H43N7O5. The number of nitrogens with two attached hydrogens (primary N) is 1. The molecule has 4 aliphatic rings. The number of carbonyl (C=O) groups is 5. The van der Waals surface area contributed by atoms with Crippen molar-refractivity contribution in [3.63, 3.8) is 0 Å². The minimum absolute atomic E-state index is 0.0177. The number of rotatable bonds is 4. The third-order valence-corrected chi connectivity index (χ3v) is 11.2. The quantitative estimate of drug-likeness (QED) is 0.256. The first-order valence-corrected chi connectivity index (χ1v) is 18.0. The molecule has 12 heteroatoms. The van der Waals surface area contributed by atoms with Crippen LogP contribution in [0.4, 0.5) is 5.69 Å². The molecule has 0 radical (unpaired) electrons. The largest absolute Gasteiger partial charge is 0.343 e. The lowest BCUT2D eigenvalue weighted by molar-refractivity contribution is -0.147. The first kappa shape index (κ1) is 33.6. The summed E-state index contributed by atoms with van der Waals surface area (Å²) in [7, 11) is 0. The average molecular weight is 702 g/mol. The molecule has 4 aliphatic heterocycles. The normalized spacial score (nSPS) is 28.8. The number of hydrogen-bond donors (Lipinski definition) is 4. The van der Waals surface area contributed by atoms with Gasteiger partial charge in [-0.3, -0.25) is 28.9 Å². The Morgan fingerprint density at radius 3 is 2.31 bits per heavy atom. The van der Waals surface area contributed by atoms with Crippen molar-refractivity contribution >= 4 is 46.1 Å². The highest BCUT2D eigenvalue weighted by molar-refractivity contribution is 6.08. The summed E-state index contributed by atoms with van der Waals surface area (Å²) in [5, 5.41) is 9.48. The lowest BCUT2D eigenvalue weighted by Crippen LogP contribution is -2.68. The number of carbonyl (C=O) groups excluding carboxylic acids is 5. The molecule has 5 heterocycles. The van der Waals surface area contributed by atoms with Gasteiger partial charge < -0.3 is 31.2 Å². The zero-order chi connectivity index (χ0) is 36.5. The number of aromatic nitrogens is 1. The van der Waals surface area contributed by atoms with Gasteiger partial charge >= 0.3 is 0 Å². The number of nitrogens with zero attached hydrogens (tertiary/aromatic N) is 3. The van der Waals surface area contributed by atoms with Crippen LogP contribution in [0.1, 0.15) is 50.3 Å². The minimum Gasteiger partial charge on any atom is -0.343 e. The second-order valence-electron chi connectivity index (χ2n) is 15.0. The standard InChI is InChI=1S/C40H43N7O5/c1-22(2)17-29-36(50)44-30-20-40(45-21-25(26-13-7-9-15-31(26)45)19-28(41)35(49)42-23(3)34(48)43-29)27-14-8-10-16-32(27)46-38(52)33(47(37(30)51)39(40)46)18-24-11-5-4-6-12-24/h4-16,21-23,28-30,33,39H,17-20,41H2,1-3H3,(H,42,49)(H,43,48)(H,44,50). The SMILES string of the molecule is CC(C)CC1NC(=O)C(C)NC(=O)C(N)Cc2cn(c3ccccc23)C23CC(NC1=O)C(=O)N1C(Cc4ccccc4)C(=O)N(c4ccccc42)C13. The van der Waals surface area contributed by atoms with E-state index in [-0.39, 0.29) is 30.6 Å². The van der Waals surface area contributed by atoms with Crippen LogP contribution in [0.25, 0.3) is 10.9 Å². The fraction of sp³-hybridized carbons (Fsp3) is 0.375. The maximum atomic E-state index is 14.9. The summed E-state index contributed by atoms with van der Waals surface area (Å²) < 4.78 is 2.14. The highest BCUT2D eigenvalue weighted by Crippen LogP contribution is 2.57. The summed E-state index contributed by atoms with van der Waals surface area (Å²) in [4.78, 5) is 74.3. The molecule has 4 aromatic rings. The third-order valence-electron chi connectivity index (χ3n) is 11.2. The van der Waals surface area contributed by atoms with E-state index in [9.17, 15) is 24.0 Å². The van der Waals surface area contributed by atoms with Gasteiger partial charge in [-0.1, -0.05) is 80.6 Å². The van der Waals surface area contributed by atoms with E-state index in [1.54, 1.807) is 16.7 Å². The van der Waals surface area contributed by atoms with Gasteiger partial charge in [0.2, 0.25) is 23.6 Å². The van der Waals surface area contributed by atoms with E-state index in [4.69, 9.17) is 5.73 Å². The number of fused-ring (bicyclic) bond motifs is 8. The predicted molar refractivity (Wildman–Crippen MR) is 195 cm³/mol. The van der Waals surface area contributed by atoms with Crippen molar-refractivity contribution in [1.29, 1.82) is 0 Å². The van der Waals surface area contributed by atoms with Gasteiger partial charge in [0.25, 0.3) is 5.91 Å². The Balaban J connectivity index is 1.36. The molecule has 5 N–H and O–H groups in total. The molecule has 5 amide bonds. The highest BCUT2D eigenvalue weighted by atomic mass is 16.2. The second kappa shape index (κ2) is 12.6. The van der Waals surface area contributed by atoms with Crippen LogP contribution in [0.5, 0.6) is 0 Å². The van der Waals surface area contributed by atoms with Gasteiger partial charge in [0.1, 0.15) is 35.9 Å². The van der Waals surface area contributed by atoms with Crippen LogP contribution in [-0.4, -0.2) is 75.4 Å². The lowest BCUT2D eigenvalue weighted by Gasteiger charge is -2.49. The number of anilines is 1. The molecule has 0 saturated carbocycles. The zero-order valence-corrected chi connectivity index (χ0v) is 29.4. The predicted octanol–water partition coefficient (Wildman–Crippen LogP) is 2.32. The van der Waals surface area contributed by atoms with Crippen molar-refractivity contribution in [1.82, 2.24) is 25.4 Å². The molecule has 268 valence electrons. The molecule has 2 saturated heterocycles. The smallest absolute Gasteiger partial charge is 0.252 e. The summed E-state index contributed by atoms with van der Waals surface area (Å²) in [6, 6.07) is 20.4. The summed E-state index contributed by atoms with van der Waals surface area (Å²) in [5.41, 5.74) is 9.60. The van der Waals surface area contributed by atoms with Crippen LogP contribution in [0.2, 0.25) is 0 Å².